The minimum atomic E-state index is 0.379. The molecule has 0 spiro atoms. The van der Waals surface area contributed by atoms with Gasteiger partial charge in [-0.3, -0.25) is 4.90 Å². The summed E-state index contributed by atoms with van der Waals surface area (Å²) in [6.45, 7) is 14.2. The molecule has 2 nitrogen and oxygen atoms in total. The van der Waals surface area contributed by atoms with Crippen LogP contribution in [0.25, 0.3) is 0 Å². The van der Waals surface area contributed by atoms with Crippen LogP contribution in [0.5, 0.6) is 0 Å². The van der Waals surface area contributed by atoms with Gasteiger partial charge in [0, 0.05) is 30.7 Å². The Kier molecular flexibility index (Phi) is 2.63. The lowest BCUT2D eigenvalue weighted by atomic mass is 9.84. The van der Waals surface area contributed by atoms with Crippen molar-refractivity contribution in [3.8, 4) is 0 Å². The molecule has 1 saturated carbocycles. The van der Waals surface area contributed by atoms with Crippen molar-refractivity contribution < 1.29 is 0 Å². The zero-order valence-electron chi connectivity index (χ0n) is 10.9. The van der Waals surface area contributed by atoms with E-state index in [9.17, 15) is 0 Å². The Hall–Kier alpha value is -0.0800. The zero-order chi connectivity index (χ0) is 11.3. The second kappa shape index (κ2) is 3.46. The molecule has 2 fully saturated rings. The fourth-order valence-corrected chi connectivity index (χ4v) is 2.66. The fourth-order valence-electron chi connectivity index (χ4n) is 2.66. The van der Waals surface area contributed by atoms with Crippen LogP contribution in [0.4, 0.5) is 0 Å². The Morgan fingerprint density at radius 1 is 1.27 bits per heavy atom. The van der Waals surface area contributed by atoms with Crippen LogP contribution in [-0.2, 0) is 0 Å². The maximum absolute atomic E-state index is 3.70. The second-order valence-electron chi connectivity index (χ2n) is 6.83. The molecule has 2 aliphatic rings. The number of nitrogens with one attached hydrogen (secondary N) is 1. The molecular formula is C13H26N2. The topological polar surface area (TPSA) is 15.3 Å². The number of hydrogen-bond acceptors (Lipinski definition) is 2. The number of piperazine rings is 1. The summed E-state index contributed by atoms with van der Waals surface area (Å²) in [5.74, 6) is 0. The van der Waals surface area contributed by atoms with Gasteiger partial charge in [0.05, 0.1) is 0 Å². The van der Waals surface area contributed by atoms with Crippen LogP contribution in [0.1, 0.15) is 47.5 Å². The first kappa shape index (κ1) is 11.4. The zero-order valence-corrected chi connectivity index (χ0v) is 10.9. The molecule has 0 bridgehead atoms. The molecule has 2 heteroatoms. The van der Waals surface area contributed by atoms with E-state index < -0.39 is 0 Å². The predicted molar refractivity (Wildman–Crippen MR) is 65.1 cm³/mol. The number of rotatable bonds is 1. The maximum Gasteiger partial charge on any atom is 0.0244 e. The summed E-state index contributed by atoms with van der Waals surface area (Å²) in [6, 6.07) is 1.35. The van der Waals surface area contributed by atoms with Crippen molar-refractivity contribution in [3.05, 3.63) is 0 Å². The highest BCUT2D eigenvalue weighted by Crippen LogP contribution is 2.43. The SMILES string of the molecule is CC1CNC(C(C)(C)C)CN1C1(C)CC1. The van der Waals surface area contributed by atoms with Crippen molar-refractivity contribution in [2.24, 2.45) is 5.41 Å². The van der Waals surface area contributed by atoms with Crippen LogP contribution in [-0.4, -0.2) is 35.6 Å². The Morgan fingerprint density at radius 3 is 2.33 bits per heavy atom. The molecule has 2 atom stereocenters. The van der Waals surface area contributed by atoms with E-state index in [1.165, 1.54) is 19.4 Å². The van der Waals surface area contributed by atoms with Crippen molar-refractivity contribution in [2.45, 2.75) is 65.1 Å². The van der Waals surface area contributed by atoms with Crippen LogP contribution in [0.2, 0.25) is 0 Å². The lowest BCUT2D eigenvalue weighted by Crippen LogP contribution is -2.62. The fraction of sp³-hybridized carbons (Fsp3) is 1.00. The molecule has 88 valence electrons. The van der Waals surface area contributed by atoms with Crippen molar-refractivity contribution in [1.82, 2.24) is 10.2 Å². The van der Waals surface area contributed by atoms with E-state index in [0.29, 0.717) is 23.0 Å². The summed E-state index contributed by atoms with van der Waals surface area (Å²) in [7, 11) is 0. The first-order valence-electron chi connectivity index (χ1n) is 6.33. The largest absolute Gasteiger partial charge is 0.311 e. The molecule has 15 heavy (non-hydrogen) atoms. The van der Waals surface area contributed by atoms with Crippen molar-refractivity contribution in [2.75, 3.05) is 13.1 Å². The summed E-state index contributed by atoms with van der Waals surface area (Å²) in [4.78, 5) is 2.74. The normalized spacial score (nSPS) is 36.6. The Bertz CT molecular complexity index is 237. The quantitative estimate of drug-likeness (QED) is 0.714. The van der Waals surface area contributed by atoms with E-state index in [0.717, 1.165) is 6.54 Å². The van der Waals surface area contributed by atoms with Gasteiger partial charge in [-0.1, -0.05) is 20.8 Å². The molecule has 0 aromatic carbocycles. The molecule has 1 N–H and O–H groups in total. The summed E-state index contributed by atoms with van der Waals surface area (Å²) < 4.78 is 0. The summed E-state index contributed by atoms with van der Waals surface area (Å²) >= 11 is 0. The third-order valence-electron chi connectivity index (χ3n) is 4.28. The molecule has 0 radical (unpaired) electrons. The second-order valence-corrected chi connectivity index (χ2v) is 6.83. The standard InChI is InChI=1S/C13H26N2/c1-10-8-14-11(12(2,3)4)9-15(10)13(5)6-7-13/h10-11,14H,6-9H2,1-5H3. The molecule has 1 saturated heterocycles. The van der Waals surface area contributed by atoms with Crippen LogP contribution >= 0.6 is 0 Å². The third kappa shape index (κ3) is 2.21. The molecule has 1 heterocycles. The summed E-state index contributed by atoms with van der Waals surface area (Å²) in [6.07, 6.45) is 2.79. The van der Waals surface area contributed by atoms with Gasteiger partial charge in [-0.2, -0.15) is 0 Å². The highest BCUT2D eigenvalue weighted by atomic mass is 15.3. The Morgan fingerprint density at radius 2 is 1.87 bits per heavy atom. The summed E-state index contributed by atoms with van der Waals surface area (Å²) in [5.41, 5.74) is 0.911. The lowest BCUT2D eigenvalue weighted by Gasteiger charge is -2.46. The molecular weight excluding hydrogens is 184 g/mol. The van der Waals surface area contributed by atoms with Crippen molar-refractivity contribution in [3.63, 3.8) is 0 Å². The van der Waals surface area contributed by atoms with Gasteiger partial charge in [0.15, 0.2) is 0 Å². The van der Waals surface area contributed by atoms with Gasteiger partial charge in [-0.15, -0.1) is 0 Å². The van der Waals surface area contributed by atoms with Crippen LogP contribution in [0.15, 0.2) is 0 Å². The van der Waals surface area contributed by atoms with Gasteiger partial charge in [-0.05, 0) is 32.1 Å². The minimum absolute atomic E-state index is 0.379. The van der Waals surface area contributed by atoms with Crippen molar-refractivity contribution >= 4 is 0 Å². The smallest absolute Gasteiger partial charge is 0.0244 e. The van der Waals surface area contributed by atoms with Crippen LogP contribution < -0.4 is 5.32 Å². The molecule has 0 amide bonds. The predicted octanol–water partition coefficient (Wildman–Crippen LogP) is 2.25. The van der Waals surface area contributed by atoms with Gasteiger partial charge in [-0.25, -0.2) is 0 Å². The van der Waals surface area contributed by atoms with Gasteiger partial charge in [0.2, 0.25) is 0 Å². The van der Waals surface area contributed by atoms with Crippen LogP contribution in [0, 0.1) is 5.41 Å². The van der Waals surface area contributed by atoms with Gasteiger partial charge in [0.1, 0.15) is 0 Å². The average molecular weight is 210 g/mol. The highest BCUT2D eigenvalue weighted by Gasteiger charge is 2.48. The monoisotopic (exact) mass is 210 g/mol. The molecule has 0 aromatic heterocycles. The average Bonchev–Trinajstić information content (AvgIpc) is 2.83. The van der Waals surface area contributed by atoms with E-state index in [1.54, 1.807) is 0 Å². The minimum Gasteiger partial charge on any atom is -0.311 e. The Labute approximate surface area is 94.4 Å². The van der Waals surface area contributed by atoms with E-state index in [1.807, 2.05) is 0 Å². The number of nitrogens with zero attached hydrogens (tertiary/aromatic N) is 1. The van der Waals surface area contributed by atoms with Gasteiger partial charge >= 0.3 is 0 Å². The third-order valence-corrected chi connectivity index (χ3v) is 4.28. The molecule has 0 aromatic rings. The summed E-state index contributed by atoms with van der Waals surface area (Å²) in [5, 5.41) is 3.70. The van der Waals surface area contributed by atoms with Crippen molar-refractivity contribution in [1.29, 1.82) is 0 Å². The number of hydrogen-bond donors (Lipinski definition) is 1. The highest BCUT2D eigenvalue weighted by molar-refractivity contribution is 5.05. The molecule has 2 rings (SSSR count). The maximum atomic E-state index is 3.70. The Balaban J connectivity index is 2.05. The first-order chi connectivity index (χ1) is 6.83. The van der Waals surface area contributed by atoms with Gasteiger partial charge in [0.25, 0.3) is 0 Å². The van der Waals surface area contributed by atoms with E-state index >= 15 is 0 Å². The van der Waals surface area contributed by atoms with E-state index in [-0.39, 0.29) is 0 Å². The molecule has 1 aliphatic carbocycles. The lowest BCUT2D eigenvalue weighted by molar-refractivity contribution is 0.0529. The molecule has 1 aliphatic heterocycles. The van der Waals surface area contributed by atoms with E-state index in [2.05, 4.69) is 44.8 Å². The van der Waals surface area contributed by atoms with E-state index in [4.69, 9.17) is 0 Å². The van der Waals surface area contributed by atoms with Crippen LogP contribution in [0.3, 0.4) is 0 Å². The molecule has 2 unspecified atom stereocenters. The first-order valence-corrected chi connectivity index (χ1v) is 6.33. The van der Waals surface area contributed by atoms with Gasteiger partial charge < -0.3 is 5.32 Å².